The Morgan fingerprint density at radius 2 is 2.10 bits per heavy atom. The maximum atomic E-state index is 12.6. The van der Waals surface area contributed by atoms with Gasteiger partial charge in [-0.05, 0) is 39.9 Å². The standard InChI is InChI=1S/C16H15NO2S2/c18-16(8-13-4-7-20-12-13)17(9-14-3-5-19-11-14)10-15-2-1-6-21-15/h1-7,11-12H,8-10H2. The summed E-state index contributed by atoms with van der Waals surface area (Å²) in [6.07, 6.45) is 3.79. The minimum absolute atomic E-state index is 0.142. The SMILES string of the molecule is O=C(Cc1ccsc1)N(Cc1ccoc1)Cc1cccs1. The Balaban J connectivity index is 1.72. The van der Waals surface area contributed by atoms with Crippen molar-refractivity contribution < 1.29 is 9.21 Å². The van der Waals surface area contributed by atoms with Crippen molar-refractivity contribution in [3.63, 3.8) is 0 Å². The Morgan fingerprint density at radius 3 is 2.76 bits per heavy atom. The summed E-state index contributed by atoms with van der Waals surface area (Å²) >= 11 is 3.29. The molecule has 21 heavy (non-hydrogen) atoms. The highest BCUT2D eigenvalue weighted by Crippen LogP contribution is 2.17. The van der Waals surface area contributed by atoms with E-state index in [1.807, 2.05) is 39.2 Å². The van der Waals surface area contributed by atoms with Gasteiger partial charge in [-0.1, -0.05) is 6.07 Å². The van der Waals surface area contributed by atoms with E-state index in [0.717, 1.165) is 11.1 Å². The Bertz CT molecular complexity index is 621. The van der Waals surface area contributed by atoms with Crippen LogP contribution in [0, 0.1) is 0 Å². The molecule has 108 valence electrons. The van der Waals surface area contributed by atoms with Gasteiger partial charge in [-0.2, -0.15) is 11.3 Å². The molecule has 0 atom stereocenters. The summed E-state index contributed by atoms with van der Waals surface area (Å²) in [6.45, 7) is 1.23. The zero-order chi connectivity index (χ0) is 14.5. The lowest BCUT2D eigenvalue weighted by Crippen LogP contribution is -2.30. The first-order valence-corrected chi connectivity index (χ1v) is 8.46. The molecule has 0 fully saturated rings. The van der Waals surface area contributed by atoms with E-state index in [1.165, 1.54) is 4.88 Å². The van der Waals surface area contributed by atoms with Crippen molar-refractivity contribution in [2.45, 2.75) is 19.5 Å². The third-order valence-electron chi connectivity index (χ3n) is 3.17. The molecule has 3 rings (SSSR count). The number of carbonyl (C=O) groups excluding carboxylic acids is 1. The van der Waals surface area contributed by atoms with E-state index in [0.29, 0.717) is 19.5 Å². The number of hydrogen-bond donors (Lipinski definition) is 0. The monoisotopic (exact) mass is 317 g/mol. The van der Waals surface area contributed by atoms with E-state index >= 15 is 0 Å². The molecule has 0 saturated carbocycles. The molecule has 0 aliphatic rings. The van der Waals surface area contributed by atoms with E-state index < -0.39 is 0 Å². The van der Waals surface area contributed by atoms with E-state index in [9.17, 15) is 4.79 Å². The van der Waals surface area contributed by atoms with Crippen molar-refractivity contribution in [2.24, 2.45) is 0 Å². The number of rotatable bonds is 6. The topological polar surface area (TPSA) is 33.5 Å². The van der Waals surface area contributed by atoms with Gasteiger partial charge < -0.3 is 9.32 Å². The fraction of sp³-hybridized carbons (Fsp3) is 0.188. The Labute approximate surface area is 131 Å². The zero-order valence-corrected chi connectivity index (χ0v) is 13.0. The second-order valence-corrected chi connectivity index (χ2v) is 6.58. The van der Waals surface area contributed by atoms with Crippen LogP contribution < -0.4 is 0 Å². The van der Waals surface area contributed by atoms with E-state index in [2.05, 4.69) is 6.07 Å². The first kappa shape index (κ1) is 14.1. The molecule has 0 spiro atoms. The quantitative estimate of drug-likeness (QED) is 0.683. The molecule has 0 saturated heterocycles. The van der Waals surface area contributed by atoms with Crippen LogP contribution in [0.4, 0.5) is 0 Å². The van der Waals surface area contributed by atoms with Crippen LogP contribution in [-0.4, -0.2) is 10.8 Å². The van der Waals surface area contributed by atoms with Crippen molar-refractivity contribution in [1.29, 1.82) is 0 Å². The van der Waals surface area contributed by atoms with E-state index in [4.69, 9.17) is 4.42 Å². The van der Waals surface area contributed by atoms with Crippen LogP contribution in [0.3, 0.4) is 0 Å². The van der Waals surface area contributed by atoms with Crippen molar-refractivity contribution in [3.8, 4) is 0 Å². The molecular formula is C16H15NO2S2. The third kappa shape index (κ3) is 3.83. The number of carbonyl (C=O) groups is 1. The van der Waals surface area contributed by atoms with Gasteiger partial charge in [0, 0.05) is 17.0 Å². The van der Waals surface area contributed by atoms with Gasteiger partial charge in [0.05, 0.1) is 25.5 Å². The molecule has 0 radical (unpaired) electrons. The van der Waals surface area contributed by atoms with Crippen LogP contribution in [0.25, 0.3) is 0 Å². The smallest absolute Gasteiger partial charge is 0.227 e. The lowest BCUT2D eigenvalue weighted by atomic mass is 10.2. The summed E-state index contributed by atoms with van der Waals surface area (Å²) < 4.78 is 5.10. The first-order valence-electron chi connectivity index (χ1n) is 6.63. The number of furan rings is 1. The minimum Gasteiger partial charge on any atom is -0.472 e. The van der Waals surface area contributed by atoms with Gasteiger partial charge in [0.25, 0.3) is 0 Å². The average Bonchev–Trinajstić information content (AvgIpc) is 3.21. The second-order valence-electron chi connectivity index (χ2n) is 4.77. The molecule has 3 nitrogen and oxygen atoms in total. The molecule has 1 amide bonds. The van der Waals surface area contributed by atoms with Gasteiger partial charge in [-0.25, -0.2) is 0 Å². The lowest BCUT2D eigenvalue weighted by molar-refractivity contribution is -0.131. The molecule has 0 aromatic carbocycles. The Morgan fingerprint density at radius 1 is 1.14 bits per heavy atom. The highest BCUT2D eigenvalue weighted by molar-refractivity contribution is 7.09. The highest BCUT2D eigenvalue weighted by Gasteiger charge is 2.16. The molecule has 0 bridgehead atoms. The lowest BCUT2D eigenvalue weighted by Gasteiger charge is -2.21. The third-order valence-corrected chi connectivity index (χ3v) is 4.76. The predicted octanol–water partition coefficient (Wildman–Crippen LogP) is 4.17. The van der Waals surface area contributed by atoms with Gasteiger partial charge >= 0.3 is 0 Å². The largest absolute Gasteiger partial charge is 0.472 e. The molecule has 5 heteroatoms. The Kier molecular flexibility index (Phi) is 4.52. The number of thiophene rings is 2. The van der Waals surface area contributed by atoms with Crippen LogP contribution in [0.5, 0.6) is 0 Å². The molecule has 0 N–H and O–H groups in total. The van der Waals surface area contributed by atoms with Gasteiger partial charge in [0.1, 0.15) is 0 Å². The van der Waals surface area contributed by atoms with Gasteiger partial charge in [-0.15, -0.1) is 11.3 Å². The number of nitrogens with zero attached hydrogens (tertiary/aromatic N) is 1. The molecule has 0 aliphatic carbocycles. The average molecular weight is 317 g/mol. The van der Waals surface area contributed by atoms with Crippen LogP contribution in [-0.2, 0) is 24.3 Å². The van der Waals surface area contributed by atoms with Gasteiger partial charge in [0.15, 0.2) is 0 Å². The fourth-order valence-electron chi connectivity index (χ4n) is 2.11. The summed E-state index contributed by atoms with van der Waals surface area (Å²) in [4.78, 5) is 15.6. The number of amides is 1. The molecule has 3 aromatic rings. The minimum atomic E-state index is 0.142. The normalized spacial score (nSPS) is 10.7. The van der Waals surface area contributed by atoms with Crippen molar-refractivity contribution >= 4 is 28.6 Å². The van der Waals surface area contributed by atoms with Crippen LogP contribution in [0.15, 0.2) is 57.3 Å². The van der Waals surface area contributed by atoms with Crippen molar-refractivity contribution in [2.75, 3.05) is 0 Å². The predicted molar refractivity (Wildman–Crippen MR) is 85.3 cm³/mol. The Hall–Kier alpha value is -1.85. The molecule has 0 unspecified atom stereocenters. The molecule has 3 heterocycles. The zero-order valence-electron chi connectivity index (χ0n) is 11.4. The summed E-state index contributed by atoms with van der Waals surface area (Å²) in [5.74, 6) is 0.142. The van der Waals surface area contributed by atoms with Gasteiger partial charge in [-0.3, -0.25) is 4.79 Å². The second kappa shape index (κ2) is 6.74. The maximum absolute atomic E-state index is 12.6. The summed E-state index contributed by atoms with van der Waals surface area (Å²) in [5.41, 5.74) is 2.10. The molecule has 0 aliphatic heterocycles. The first-order chi connectivity index (χ1) is 10.3. The summed E-state index contributed by atoms with van der Waals surface area (Å²) in [6, 6.07) is 7.98. The van der Waals surface area contributed by atoms with Crippen LogP contribution >= 0.6 is 22.7 Å². The summed E-state index contributed by atoms with van der Waals surface area (Å²) in [7, 11) is 0. The highest BCUT2D eigenvalue weighted by atomic mass is 32.1. The molecule has 3 aromatic heterocycles. The maximum Gasteiger partial charge on any atom is 0.227 e. The van der Waals surface area contributed by atoms with E-state index in [-0.39, 0.29) is 5.91 Å². The van der Waals surface area contributed by atoms with E-state index in [1.54, 1.807) is 35.2 Å². The molecular weight excluding hydrogens is 302 g/mol. The summed E-state index contributed by atoms with van der Waals surface area (Å²) in [5, 5.41) is 6.07. The van der Waals surface area contributed by atoms with Crippen molar-refractivity contribution in [1.82, 2.24) is 4.90 Å². The van der Waals surface area contributed by atoms with Crippen LogP contribution in [0.2, 0.25) is 0 Å². The fourth-order valence-corrected chi connectivity index (χ4v) is 3.49. The van der Waals surface area contributed by atoms with Gasteiger partial charge in [0.2, 0.25) is 5.91 Å². The van der Waals surface area contributed by atoms with Crippen molar-refractivity contribution in [3.05, 3.63) is 68.9 Å². The number of hydrogen-bond acceptors (Lipinski definition) is 4. The van der Waals surface area contributed by atoms with Crippen LogP contribution in [0.1, 0.15) is 16.0 Å².